The van der Waals surface area contributed by atoms with Crippen molar-refractivity contribution in [3.8, 4) is 6.07 Å². The molecule has 0 radical (unpaired) electrons. The number of aromatic nitrogens is 2. The van der Waals surface area contributed by atoms with Gasteiger partial charge in [0, 0.05) is 24.1 Å². The maximum absolute atomic E-state index is 12.6. The molecule has 1 aliphatic carbocycles. The number of carbonyl (C=O) groups is 1. The van der Waals surface area contributed by atoms with Gasteiger partial charge in [-0.3, -0.25) is 4.79 Å². The maximum atomic E-state index is 12.6. The van der Waals surface area contributed by atoms with E-state index >= 15 is 0 Å². The molecule has 1 fully saturated rings. The second kappa shape index (κ2) is 8.60. The molecule has 1 amide bonds. The van der Waals surface area contributed by atoms with Gasteiger partial charge in [-0.05, 0) is 54.9 Å². The fraction of sp³-hybridized carbons (Fsp3) is 0.409. The number of carbonyl (C=O) groups excluding carboxylic acids is 1. The van der Waals surface area contributed by atoms with E-state index < -0.39 is 0 Å². The van der Waals surface area contributed by atoms with Gasteiger partial charge < -0.3 is 20.6 Å². The number of rotatable bonds is 4. The number of benzene rings is 1. The number of nitrogens with zero attached hydrogens (tertiary/aromatic N) is 2. The molecule has 0 unspecified atom stereocenters. The van der Waals surface area contributed by atoms with Gasteiger partial charge in [-0.15, -0.1) is 0 Å². The van der Waals surface area contributed by atoms with Crippen LogP contribution in [0.15, 0.2) is 30.5 Å². The lowest BCUT2D eigenvalue weighted by atomic mass is 9.86. The highest BCUT2D eigenvalue weighted by Gasteiger charge is 2.22. The molecule has 0 spiro atoms. The monoisotopic (exact) mass is 391 g/mol. The van der Waals surface area contributed by atoms with Gasteiger partial charge >= 0.3 is 0 Å². The predicted octanol–water partition coefficient (Wildman–Crippen LogP) is 2.75. The zero-order chi connectivity index (χ0) is 20.2. The molecule has 0 atom stereocenters. The lowest BCUT2D eigenvalue weighted by Gasteiger charge is -2.32. The van der Waals surface area contributed by atoms with Gasteiger partial charge in [0.15, 0.2) is 5.82 Å². The molecular weight excluding hydrogens is 366 g/mol. The second-order valence-electron chi connectivity index (χ2n) is 7.80. The average molecular weight is 391 g/mol. The van der Waals surface area contributed by atoms with Crippen LogP contribution in [0.25, 0.3) is 5.57 Å². The molecule has 1 aromatic carbocycles. The number of nitrogens with one attached hydrogen (secondary N) is 3. The number of aromatic amines is 1. The molecule has 2 aliphatic rings. The van der Waals surface area contributed by atoms with Crippen molar-refractivity contribution in [3.05, 3.63) is 58.3 Å². The molecule has 2 aromatic rings. The van der Waals surface area contributed by atoms with Crippen LogP contribution in [0.2, 0.25) is 0 Å². The Hall–Kier alpha value is -2.95. The van der Waals surface area contributed by atoms with Crippen LogP contribution in [-0.4, -0.2) is 29.0 Å². The molecule has 1 saturated heterocycles. The third-order valence-corrected chi connectivity index (χ3v) is 5.85. The molecule has 1 aromatic heterocycles. The van der Waals surface area contributed by atoms with E-state index in [0.29, 0.717) is 24.1 Å². The fourth-order valence-corrected chi connectivity index (χ4v) is 4.22. The Morgan fingerprint density at radius 2 is 2.14 bits per heavy atom. The first kappa shape index (κ1) is 19.4. The zero-order valence-corrected chi connectivity index (χ0v) is 16.3. The Balaban J connectivity index is 1.62. The van der Waals surface area contributed by atoms with Crippen molar-refractivity contribution < 1.29 is 9.86 Å². The molecule has 0 saturated carbocycles. The number of quaternary nitrogens is 1. The van der Waals surface area contributed by atoms with E-state index in [1.807, 2.05) is 12.1 Å². The topological polar surface area (TPSA) is 109 Å². The minimum atomic E-state index is -0.361. The third kappa shape index (κ3) is 4.39. The van der Waals surface area contributed by atoms with E-state index in [2.05, 4.69) is 33.5 Å². The summed E-state index contributed by atoms with van der Waals surface area (Å²) in [5.74, 6) is 0.156. The van der Waals surface area contributed by atoms with E-state index in [-0.39, 0.29) is 17.4 Å². The van der Waals surface area contributed by atoms with E-state index in [0.717, 1.165) is 43.4 Å². The molecule has 150 valence electrons. The Morgan fingerprint density at radius 3 is 2.83 bits per heavy atom. The Bertz CT molecular complexity index is 964. The molecule has 7 nitrogen and oxygen atoms in total. The van der Waals surface area contributed by atoms with Crippen LogP contribution in [0.1, 0.15) is 71.9 Å². The molecule has 4 rings (SSSR count). The van der Waals surface area contributed by atoms with Gasteiger partial charge in [-0.25, -0.2) is 4.98 Å². The van der Waals surface area contributed by atoms with Crippen molar-refractivity contribution in [1.29, 1.82) is 5.26 Å². The number of amides is 1. The number of hydrogen-bond donors (Lipinski definition) is 3. The second-order valence-corrected chi connectivity index (χ2v) is 7.80. The molecular formula is C22H25N5O2. The number of piperidine rings is 1. The molecule has 2 heterocycles. The number of allylic oxidation sites excluding steroid dienone is 2. The maximum Gasteiger partial charge on any atom is 0.291 e. The summed E-state index contributed by atoms with van der Waals surface area (Å²) >= 11 is 0. The summed E-state index contributed by atoms with van der Waals surface area (Å²) in [4.78, 5) is 19.3. The van der Waals surface area contributed by atoms with Crippen LogP contribution in [0, 0.1) is 16.5 Å². The highest BCUT2D eigenvalue weighted by atomic mass is 16.5. The van der Waals surface area contributed by atoms with Crippen LogP contribution in [0.5, 0.6) is 0 Å². The number of nitriles is 1. The van der Waals surface area contributed by atoms with Crippen molar-refractivity contribution in [3.63, 3.8) is 0 Å². The van der Waals surface area contributed by atoms with Crippen molar-refractivity contribution in [1.82, 2.24) is 9.97 Å². The third-order valence-electron chi connectivity index (χ3n) is 5.85. The van der Waals surface area contributed by atoms with Crippen molar-refractivity contribution in [2.45, 2.75) is 44.4 Å². The van der Waals surface area contributed by atoms with Gasteiger partial charge in [0.2, 0.25) is 0 Å². The fourth-order valence-electron chi connectivity index (χ4n) is 4.22. The Morgan fingerprint density at radius 1 is 1.31 bits per heavy atom. The number of hydroxylamine groups is 2. The minimum Gasteiger partial charge on any atom is -0.634 e. The molecule has 7 heteroatoms. The number of imidazole rings is 1. The smallest absolute Gasteiger partial charge is 0.291 e. The first-order valence-electron chi connectivity index (χ1n) is 10.3. The van der Waals surface area contributed by atoms with E-state index in [4.69, 9.17) is 5.26 Å². The first-order valence-corrected chi connectivity index (χ1v) is 10.3. The number of anilines is 1. The zero-order valence-electron chi connectivity index (χ0n) is 16.3. The summed E-state index contributed by atoms with van der Waals surface area (Å²) in [5.41, 5.74) is 4.57. The van der Waals surface area contributed by atoms with Crippen LogP contribution in [0.4, 0.5) is 5.69 Å². The number of H-pyrrole nitrogens is 1. The number of hydrogen-bond acceptors (Lipinski definition) is 4. The quantitative estimate of drug-likeness (QED) is 0.696. The van der Waals surface area contributed by atoms with Gasteiger partial charge in [0.05, 0.1) is 19.3 Å². The van der Waals surface area contributed by atoms with Crippen LogP contribution >= 0.6 is 0 Å². The highest BCUT2D eigenvalue weighted by Crippen LogP contribution is 2.35. The summed E-state index contributed by atoms with van der Waals surface area (Å²) < 4.78 is 0. The van der Waals surface area contributed by atoms with Crippen molar-refractivity contribution >= 4 is 17.2 Å². The largest absolute Gasteiger partial charge is 0.634 e. The van der Waals surface area contributed by atoms with E-state index in [9.17, 15) is 10.0 Å². The normalized spacial score (nSPS) is 21.9. The van der Waals surface area contributed by atoms with Crippen molar-refractivity contribution in [2.75, 3.05) is 18.4 Å². The molecule has 1 aliphatic heterocycles. The van der Waals surface area contributed by atoms with Gasteiger partial charge in [-0.1, -0.05) is 12.1 Å². The van der Waals surface area contributed by atoms with Crippen molar-refractivity contribution in [2.24, 2.45) is 0 Å². The van der Waals surface area contributed by atoms with Crippen LogP contribution < -0.4 is 10.4 Å². The Kier molecular flexibility index (Phi) is 5.74. The van der Waals surface area contributed by atoms with Gasteiger partial charge in [0.25, 0.3) is 5.91 Å². The molecule has 3 N–H and O–H groups in total. The van der Waals surface area contributed by atoms with E-state index in [1.165, 1.54) is 23.8 Å². The molecule has 0 bridgehead atoms. The van der Waals surface area contributed by atoms with Gasteiger partial charge in [0.1, 0.15) is 11.8 Å². The predicted molar refractivity (Wildman–Crippen MR) is 110 cm³/mol. The first-order chi connectivity index (χ1) is 14.1. The lowest BCUT2D eigenvalue weighted by molar-refractivity contribution is -0.854. The Labute approximate surface area is 170 Å². The minimum absolute atomic E-state index is 0.125. The highest BCUT2D eigenvalue weighted by molar-refractivity contribution is 6.03. The average Bonchev–Trinajstić information content (AvgIpc) is 3.25. The lowest BCUT2D eigenvalue weighted by Crippen LogP contribution is -3.08. The SMILES string of the molecule is N#Cc1cnc(C(=O)Nc2ccc(C3CC[NH+]([O-])CC3)cc2C2=CCCCC2)[nH]1. The summed E-state index contributed by atoms with van der Waals surface area (Å²) in [5, 5.41) is 23.8. The summed E-state index contributed by atoms with van der Waals surface area (Å²) in [6.07, 6.45) is 9.79. The summed E-state index contributed by atoms with van der Waals surface area (Å²) in [7, 11) is 0. The molecule has 29 heavy (non-hydrogen) atoms. The van der Waals surface area contributed by atoms with Crippen LogP contribution in [0.3, 0.4) is 0 Å². The summed E-state index contributed by atoms with van der Waals surface area (Å²) in [6.45, 7) is 1.31. The van der Waals surface area contributed by atoms with Gasteiger partial charge in [-0.2, -0.15) is 5.26 Å². The van der Waals surface area contributed by atoms with Crippen LogP contribution in [-0.2, 0) is 0 Å². The summed E-state index contributed by atoms with van der Waals surface area (Å²) in [6, 6.07) is 8.16. The van der Waals surface area contributed by atoms with E-state index in [1.54, 1.807) is 0 Å². The standard InChI is InChI=1S/C22H25N5O2/c23-13-18-14-24-21(25-18)22(28)26-20-7-6-17(15-8-10-27(29)11-9-15)12-19(20)16-4-2-1-3-5-16/h4,6-7,12,14-15,27H,1-3,5,8-11H2,(H,24,25)(H,26,28).